The van der Waals surface area contributed by atoms with Gasteiger partial charge in [-0.3, -0.25) is 14.5 Å². The van der Waals surface area contributed by atoms with Crippen molar-refractivity contribution in [1.29, 1.82) is 0 Å². The predicted octanol–water partition coefficient (Wildman–Crippen LogP) is 6.27. The van der Waals surface area contributed by atoms with Crippen LogP contribution >= 0.6 is 11.3 Å². The van der Waals surface area contributed by atoms with Crippen LogP contribution in [0.1, 0.15) is 60.4 Å². The second-order valence-electron chi connectivity index (χ2n) is 9.14. The minimum absolute atomic E-state index is 0.0952. The number of carbonyl (C=O) groups excluding carboxylic acids is 2. The summed E-state index contributed by atoms with van der Waals surface area (Å²) in [5, 5.41) is 7.09. The van der Waals surface area contributed by atoms with E-state index in [0.717, 1.165) is 42.4 Å². The molecule has 1 heterocycles. The molecule has 1 aliphatic rings. The van der Waals surface area contributed by atoms with Crippen molar-refractivity contribution in [3.8, 4) is 0 Å². The zero-order valence-corrected chi connectivity index (χ0v) is 20.5. The Morgan fingerprint density at radius 2 is 1.76 bits per heavy atom. The van der Waals surface area contributed by atoms with Crippen molar-refractivity contribution in [3.63, 3.8) is 0 Å². The number of thiophene rings is 1. The summed E-state index contributed by atoms with van der Waals surface area (Å²) in [7, 11) is 0. The molecule has 0 bridgehead atoms. The summed E-state index contributed by atoms with van der Waals surface area (Å²) in [5.41, 5.74) is 4.31. The van der Waals surface area contributed by atoms with E-state index in [9.17, 15) is 14.0 Å². The lowest BCUT2D eigenvalue weighted by molar-refractivity contribution is -0.127. The van der Waals surface area contributed by atoms with Crippen LogP contribution in [0.4, 0.5) is 10.1 Å². The third-order valence-corrected chi connectivity index (χ3v) is 7.35. The van der Waals surface area contributed by atoms with Gasteiger partial charge in [0.2, 0.25) is 11.8 Å². The molecule has 6 heteroatoms. The lowest BCUT2D eigenvalue weighted by atomic mass is 9.94. The molecule has 1 unspecified atom stereocenters. The maximum atomic E-state index is 13.8. The van der Waals surface area contributed by atoms with Crippen LogP contribution in [0.2, 0.25) is 0 Å². The Hall–Kier alpha value is -2.99. The normalized spacial score (nSPS) is 15.0. The fourth-order valence-electron chi connectivity index (χ4n) is 4.56. The van der Waals surface area contributed by atoms with Crippen LogP contribution < -0.4 is 10.2 Å². The smallest absolute Gasteiger partial charge is 0.248 e. The Labute approximate surface area is 204 Å². The summed E-state index contributed by atoms with van der Waals surface area (Å²) in [4.78, 5) is 29.1. The van der Waals surface area contributed by atoms with Crippen LogP contribution in [0.5, 0.6) is 0 Å². The van der Waals surface area contributed by atoms with E-state index in [-0.39, 0.29) is 30.1 Å². The summed E-state index contributed by atoms with van der Waals surface area (Å²) < 4.78 is 13.8. The van der Waals surface area contributed by atoms with Gasteiger partial charge in [-0.2, -0.15) is 11.3 Å². The number of halogens is 1. The van der Waals surface area contributed by atoms with Gasteiger partial charge in [0.1, 0.15) is 11.9 Å². The highest BCUT2D eigenvalue weighted by molar-refractivity contribution is 7.08. The molecule has 2 amide bonds. The highest BCUT2D eigenvalue weighted by Gasteiger charge is 2.34. The molecule has 178 valence electrons. The van der Waals surface area contributed by atoms with Gasteiger partial charge in [0, 0.05) is 11.7 Å². The molecule has 4 nitrogen and oxygen atoms in total. The zero-order valence-electron chi connectivity index (χ0n) is 19.7. The molecular weight excluding hydrogens is 447 g/mol. The average molecular weight is 479 g/mol. The molecule has 0 radical (unpaired) electrons. The molecule has 1 aliphatic carbocycles. The quantitative estimate of drug-likeness (QED) is 0.435. The molecule has 3 aromatic rings. The largest absolute Gasteiger partial charge is 0.351 e. The molecular formula is C28H31FN2O2S. The highest BCUT2D eigenvalue weighted by Crippen LogP contribution is 2.31. The number of benzene rings is 2. The number of rotatable bonds is 7. The third kappa shape index (κ3) is 5.73. The minimum Gasteiger partial charge on any atom is -0.351 e. The molecule has 1 atom stereocenters. The monoisotopic (exact) mass is 478 g/mol. The fraction of sp³-hybridized carbons (Fsp3) is 0.357. The van der Waals surface area contributed by atoms with Crippen LogP contribution in [-0.2, 0) is 16.0 Å². The Morgan fingerprint density at radius 1 is 1.03 bits per heavy atom. The highest BCUT2D eigenvalue weighted by atomic mass is 32.1. The van der Waals surface area contributed by atoms with Gasteiger partial charge >= 0.3 is 0 Å². The summed E-state index contributed by atoms with van der Waals surface area (Å²) >= 11 is 1.54. The van der Waals surface area contributed by atoms with E-state index in [2.05, 4.69) is 5.32 Å². The predicted molar refractivity (Wildman–Crippen MR) is 136 cm³/mol. The number of nitrogens with one attached hydrogen (secondary N) is 1. The Bertz CT molecular complexity index is 1120. The number of nitrogens with zero attached hydrogens (tertiary/aromatic N) is 1. The minimum atomic E-state index is -0.893. The molecule has 1 saturated carbocycles. The van der Waals surface area contributed by atoms with Crippen molar-refractivity contribution in [3.05, 3.63) is 87.4 Å². The van der Waals surface area contributed by atoms with Gasteiger partial charge in [-0.15, -0.1) is 0 Å². The first-order valence-corrected chi connectivity index (χ1v) is 12.8. The van der Waals surface area contributed by atoms with E-state index in [1.165, 1.54) is 29.9 Å². The standard InChI is InChI=1S/C28H31FN2O2S/c1-19-8-13-25(16-20(19)2)31(26(32)17-21-14-15-34-18-21)27(22-9-11-23(29)12-10-22)28(33)30-24-6-4-3-5-7-24/h8-16,18,24,27H,3-7,17H2,1-2H3,(H,30,33). The van der Waals surface area contributed by atoms with Crippen molar-refractivity contribution in [2.24, 2.45) is 0 Å². The maximum Gasteiger partial charge on any atom is 0.248 e. The van der Waals surface area contributed by atoms with Crippen molar-refractivity contribution in [2.45, 2.75) is 64.5 Å². The second kappa shape index (κ2) is 11.0. The van der Waals surface area contributed by atoms with Crippen LogP contribution in [0, 0.1) is 19.7 Å². The van der Waals surface area contributed by atoms with Crippen LogP contribution in [0.3, 0.4) is 0 Å². The van der Waals surface area contributed by atoms with Gasteiger partial charge in [-0.25, -0.2) is 4.39 Å². The van der Waals surface area contributed by atoms with Crippen LogP contribution in [0.15, 0.2) is 59.3 Å². The van der Waals surface area contributed by atoms with E-state index in [1.807, 2.05) is 48.9 Å². The van der Waals surface area contributed by atoms with Gasteiger partial charge in [-0.05, 0) is 90.0 Å². The molecule has 2 aromatic carbocycles. The Balaban J connectivity index is 1.76. The van der Waals surface area contributed by atoms with Gasteiger partial charge < -0.3 is 5.32 Å². The molecule has 1 fully saturated rings. The van der Waals surface area contributed by atoms with Crippen molar-refractivity contribution in [2.75, 3.05) is 4.90 Å². The van der Waals surface area contributed by atoms with Gasteiger partial charge in [0.15, 0.2) is 0 Å². The summed E-state index contributed by atoms with van der Waals surface area (Å²) in [6, 6.07) is 12.8. The first-order chi connectivity index (χ1) is 16.4. The number of amides is 2. The first kappa shape index (κ1) is 24.1. The molecule has 1 N–H and O–H groups in total. The van der Waals surface area contributed by atoms with Crippen molar-refractivity contribution < 1.29 is 14.0 Å². The molecule has 1 aromatic heterocycles. The molecule has 0 spiro atoms. The lowest BCUT2D eigenvalue weighted by Crippen LogP contribution is -2.47. The molecule has 0 aliphatic heterocycles. The van der Waals surface area contributed by atoms with Gasteiger partial charge in [-0.1, -0.05) is 37.5 Å². The summed E-state index contributed by atoms with van der Waals surface area (Å²) in [6.07, 6.45) is 5.42. The lowest BCUT2D eigenvalue weighted by Gasteiger charge is -2.34. The van der Waals surface area contributed by atoms with Gasteiger partial charge in [0.05, 0.1) is 6.42 Å². The van der Waals surface area contributed by atoms with Crippen molar-refractivity contribution >= 4 is 28.8 Å². The number of hydrogen-bond acceptors (Lipinski definition) is 3. The summed E-state index contributed by atoms with van der Waals surface area (Å²) in [5.74, 6) is -0.775. The molecule has 0 saturated heterocycles. The molecule has 34 heavy (non-hydrogen) atoms. The van der Waals surface area contributed by atoms with Gasteiger partial charge in [0.25, 0.3) is 0 Å². The van der Waals surface area contributed by atoms with Crippen LogP contribution in [-0.4, -0.2) is 17.9 Å². The maximum absolute atomic E-state index is 13.8. The number of hydrogen-bond donors (Lipinski definition) is 1. The van der Waals surface area contributed by atoms with E-state index < -0.39 is 6.04 Å². The second-order valence-corrected chi connectivity index (χ2v) is 9.92. The summed E-state index contributed by atoms with van der Waals surface area (Å²) in [6.45, 7) is 4.01. The topological polar surface area (TPSA) is 49.4 Å². The molecule has 4 rings (SSSR count). The van der Waals surface area contributed by atoms with E-state index in [1.54, 1.807) is 17.0 Å². The Kier molecular flexibility index (Phi) is 7.78. The van der Waals surface area contributed by atoms with Crippen molar-refractivity contribution in [1.82, 2.24) is 5.32 Å². The van der Waals surface area contributed by atoms with Crippen LogP contribution in [0.25, 0.3) is 0 Å². The fourth-order valence-corrected chi connectivity index (χ4v) is 5.22. The SMILES string of the molecule is Cc1ccc(N(C(=O)Cc2ccsc2)C(C(=O)NC2CCCCC2)c2ccc(F)cc2)cc1C. The third-order valence-electron chi connectivity index (χ3n) is 6.62. The van der Waals surface area contributed by atoms with E-state index in [4.69, 9.17) is 0 Å². The number of aryl methyl sites for hydroxylation is 2. The average Bonchev–Trinajstić information content (AvgIpc) is 3.33. The first-order valence-electron chi connectivity index (χ1n) is 11.9. The number of anilines is 1. The van der Waals surface area contributed by atoms with E-state index >= 15 is 0 Å². The zero-order chi connectivity index (χ0) is 24.1. The number of carbonyl (C=O) groups is 2. The Morgan fingerprint density at radius 3 is 2.41 bits per heavy atom. The van der Waals surface area contributed by atoms with E-state index in [0.29, 0.717) is 11.3 Å².